The van der Waals surface area contributed by atoms with E-state index in [0.29, 0.717) is 0 Å². The number of nitrogens with zero attached hydrogens (tertiary/aromatic N) is 1. The molecule has 3 N–H and O–H groups in total. The average Bonchev–Trinajstić information content (AvgIpc) is 2.67. The number of aliphatic carboxylic acids is 1. The zero-order valence-corrected chi connectivity index (χ0v) is 10.4. The number of aryl methyl sites for hydroxylation is 1. The van der Waals surface area contributed by atoms with Crippen molar-refractivity contribution in [2.75, 3.05) is 6.61 Å². The predicted molar refractivity (Wildman–Crippen MR) is 65.8 cm³/mol. The van der Waals surface area contributed by atoms with E-state index in [1.165, 1.54) is 24.0 Å². The van der Waals surface area contributed by atoms with Crippen LogP contribution in [0.2, 0.25) is 0 Å². The number of hydrogen-bond donors (Lipinski definition) is 3. The number of carbonyl (C=O) groups excluding carboxylic acids is 1. The molecule has 0 spiro atoms. The van der Waals surface area contributed by atoms with Crippen molar-refractivity contribution >= 4 is 12.1 Å². The van der Waals surface area contributed by atoms with Gasteiger partial charge < -0.3 is 20.3 Å². The molecule has 1 aromatic heterocycles. The highest BCUT2D eigenvalue weighted by molar-refractivity contribution is 5.80. The second-order valence-electron chi connectivity index (χ2n) is 3.79. The van der Waals surface area contributed by atoms with Crippen LogP contribution in [0.5, 0.6) is 0 Å². The predicted octanol–water partition coefficient (Wildman–Crippen LogP) is -0.379. The number of aromatic amines is 1. The van der Waals surface area contributed by atoms with Crippen molar-refractivity contribution in [2.45, 2.75) is 12.5 Å². The Balaban J connectivity index is 2.71. The van der Waals surface area contributed by atoms with Crippen molar-refractivity contribution in [3.63, 3.8) is 0 Å². The normalized spacial score (nSPS) is 11.6. The number of alkyl carbamates (subject to hydrolysis) is 1. The first kappa shape index (κ1) is 14.6. The highest BCUT2D eigenvalue weighted by atomic mass is 16.5. The van der Waals surface area contributed by atoms with Gasteiger partial charge in [-0.25, -0.2) is 9.59 Å². The molecule has 0 aliphatic rings. The van der Waals surface area contributed by atoms with E-state index in [1.54, 1.807) is 0 Å². The van der Waals surface area contributed by atoms with Crippen LogP contribution >= 0.6 is 0 Å². The summed E-state index contributed by atoms with van der Waals surface area (Å²) in [7, 11) is 1.51. The van der Waals surface area contributed by atoms with E-state index in [9.17, 15) is 14.4 Å². The van der Waals surface area contributed by atoms with Gasteiger partial charge in [-0.05, 0) is 0 Å². The number of carboxylic acids is 1. The summed E-state index contributed by atoms with van der Waals surface area (Å²) >= 11 is 0. The number of rotatable bonds is 6. The van der Waals surface area contributed by atoms with Crippen molar-refractivity contribution < 1.29 is 19.4 Å². The average molecular weight is 269 g/mol. The van der Waals surface area contributed by atoms with E-state index < -0.39 is 18.1 Å². The summed E-state index contributed by atoms with van der Waals surface area (Å²) in [5.74, 6) is -1.25. The lowest BCUT2D eigenvalue weighted by Gasteiger charge is -2.12. The van der Waals surface area contributed by atoms with Gasteiger partial charge in [0.15, 0.2) is 0 Å². The molecule has 0 aromatic carbocycles. The topological polar surface area (TPSA) is 113 Å². The van der Waals surface area contributed by atoms with Gasteiger partial charge in [0.05, 0.1) is 0 Å². The quantitative estimate of drug-likeness (QED) is 0.609. The van der Waals surface area contributed by atoms with Crippen LogP contribution < -0.4 is 10.9 Å². The van der Waals surface area contributed by atoms with Crippen LogP contribution in [0.1, 0.15) is 5.56 Å². The van der Waals surface area contributed by atoms with Gasteiger partial charge in [0.1, 0.15) is 12.6 Å². The van der Waals surface area contributed by atoms with Crippen LogP contribution in [-0.4, -0.2) is 39.6 Å². The third kappa shape index (κ3) is 4.02. The first-order valence-electron chi connectivity index (χ1n) is 5.46. The minimum atomic E-state index is -1.25. The second kappa shape index (κ2) is 6.43. The Bertz CT molecular complexity index is 531. The molecule has 1 amide bonds. The van der Waals surface area contributed by atoms with Crippen molar-refractivity contribution in [2.24, 2.45) is 7.05 Å². The third-order valence-electron chi connectivity index (χ3n) is 2.36. The first-order valence-corrected chi connectivity index (χ1v) is 5.46. The molecular weight excluding hydrogens is 254 g/mol. The van der Waals surface area contributed by atoms with E-state index in [-0.39, 0.29) is 24.2 Å². The molecule has 1 rings (SSSR count). The molecule has 0 radical (unpaired) electrons. The highest BCUT2D eigenvalue weighted by Gasteiger charge is 2.22. The fourth-order valence-electron chi connectivity index (χ4n) is 1.40. The zero-order chi connectivity index (χ0) is 14.4. The van der Waals surface area contributed by atoms with Crippen LogP contribution in [-0.2, 0) is 23.0 Å². The fraction of sp³-hybridized carbons (Fsp3) is 0.364. The summed E-state index contributed by atoms with van der Waals surface area (Å²) in [5.41, 5.74) is -0.0774. The van der Waals surface area contributed by atoms with Gasteiger partial charge in [0.2, 0.25) is 0 Å². The SMILES string of the molecule is C=CCOC(=O)N[C@H](Cc1c[nH]n(C)c1=O)C(=O)O. The molecule has 19 heavy (non-hydrogen) atoms. The van der Waals surface area contributed by atoms with E-state index in [2.05, 4.69) is 21.7 Å². The van der Waals surface area contributed by atoms with Gasteiger partial charge in [-0.2, -0.15) is 0 Å². The molecule has 8 nitrogen and oxygen atoms in total. The minimum Gasteiger partial charge on any atom is -0.480 e. The van der Waals surface area contributed by atoms with Crippen LogP contribution in [0.25, 0.3) is 0 Å². The Morgan fingerprint density at radius 3 is 2.84 bits per heavy atom. The molecule has 0 fully saturated rings. The lowest BCUT2D eigenvalue weighted by molar-refractivity contribution is -0.139. The summed E-state index contributed by atoms with van der Waals surface area (Å²) < 4.78 is 5.83. The van der Waals surface area contributed by atoms with Crippen molar-refractivity contribution in [1.29, 1.82) is 0 Å². The fourth-order valence-corrected chi connectivity index (χ4v) is 1.40. The van der Waals surface area contributed by atoms with Crippen LogP contribution in [0.3, 0.4) is 0 Å². The minimum absolute atomic E-state index is 0.0237. The van der Waals surface area contributed by atoms with E-state index in [4.69, 9.17) is 5.11 Å². The number of hydrogen-bond acceptors (Lipinski definition) is 4. The molecule has 1 aromatic rings. The van der Waals surface area contributed by atoms with E-state index >= 15 is 0 Å². The third-order valence-corrected chi connectivity index (χ3v) is 2.36. The molecule has 1 atom stereocenters. The Hall–Kier alpha value is -2.51. The van der Waals surface area contributed by atoms with Crippen molar-refractivity contribution in [1.82, 2.24) is 15.1 Å². The standard InChI is InChI=1S/C11H15N3O5/c1-3-4-19-11(18)13-8(10(16)17)5-7-6-12-14(2)9(7)15/h3,6,8,12H,1,4-5H2,2H3,(H,13,18)(H,16,17)/t8-/m1/s1. The number of amides is 1. The van der Waals surface area contributed by atoms with E-state index in [1.807, 2.05) is 0 Å². The van der Waals surface area contributed by atoms with Crippen LogP contribution in [0.15, 0.2) is 23.6 Å². The van der Waals surface area contributed by atoms with E-state index in [0.717, 1.165) is 0 Å². The Labute approximate surface area is 108 Å². The monoisotopic (exact) mass is 269 g/mol. The second-order valence-corrected chi connectivity index (χ2v) is 3.79. The molecule has 0 saturated heterocycles. The van der Waals surface area contributed by atoms with Gasteiger partial charge in [0, 0.05) is 25.2 Å². The van der Waals surface area contributed by atoms with Gasteiger partial charge in [-0.15, -0.1) is 0 Å². The maximum Gasteiger partial charge on any atom is 0.408 e. The van der Waals surface area contributed by atoms with Gasteiger partial charge in [-0.1, -0.05) is 12.7 Å². The molecule has 8 heteroatoms. The van der Waals surface area contributed by atoms with Gasteiger partial charge in [-0.3, -0.25) is 9.48 Å². The van der Waals surface area contributed by atoms with Crippen LogP contribution in [0, 0.1) is 0 Å². The van der Waals surface area contributed by atoms with Crippen molar-refractivity contribution in [3.8, 4) is 0 Å². The Morgan fingerprint density at radius 2 is 2.37 bits per heavy atom. The van der Waals surface area contributed by atoms with Gasteiger partial charge in [0.25, 0.3) is 5.56 Å². The summed E-state index contributed by atoms with van der Waals surface area (Å²) in [5, 5.41) is 13.8. The molecule has 0 saturated carbocycles. The zero-order valence-electron chi connectivity index (χ0n) is 10.4. The summed E-state index contributed by atoms with van der Waals surface area (Å²) in [6.45, 7) is 3.34. The number of ether oxygens (including phenoxy) is 1. The lowest BCUT2D eigenvalue weighted by Crippen LogP contribution is -2.43. The number of carboxylic acid groups (broad SMARTS) is 1. The number of nitrogens with one attached hydrogen (secondary N) is 2. The van der Waals surface area contributed by atoms with Crippen LogP contribution in [0.4, 0.5) is 4.79 Å². The number of H-pyrrole nitrogens is 1. The Kier molecular flexibility index (Phi) is 4.92. The molecular formula is C11H15N3O5. The summed E-state index contributed by atoms with van der Waals surface area (Å²) in [4.78, 5) is 33.8. The first-order chi connectivity index (χ1) is 8.95. The molecule has 0 aliphatic heterocycles. The molecule has 0 bridgehead atoms. The maximum absolute atomic E-state index is 11.6. The lowest BCUT2D eigenvalue weighted by atomic mass is 10.1. The smallest absolute Gasteiger partial charge is 0.408 e. The van der Waals surface area contributed by atoms with Crippen molar-refractivity contribution in [3.05, 3.63) is 34.8 Å². The molecule has 1 heterocycles. The van der Waals surface area contributed by atoms with Gasteiger partial charge >= 0.3 is 12.1 Å². The molecule has 0 unspecified atom stereocenters. The summed E-state index contributed by atoms with van der Waals surface area (Å²) in [6.07, 6.45) is 1.75. The Morgan fingerprint density at radius 1 is 1.68 bits per heavy atom. The maximum atomic E-state index is 11.6. The number of aromatic nitrogens is 2. The largest absolute Gasteiger partial charge is 0.480 e. The number of carbonyl (C=O) groups is 2. The summed E-state index contributed by atoms with van der Waals surface area (Å²) in [6, 6.07) is -1.24. The highest BCUT2D eigenvalue weighted by Crippen LogP contribution is 1.98. The molecule has 0 aliphatic carbocycles. The molecule has 104 valence electrons.